The van der Waals surface area contributed by atoms with Gasteiger partial charge in [-0.3, -0.25) is 0 Å². The van der Waals surface area contributed by atoms with Crippen molar-refractivity contribution in [2.45, 2.75) is 56.7 Å². The molecule has 0 aromatic heterocycles. The Balaban J connectivity index is 1.60. The normalized spacial score (nSPS) is 18.4. The number of amides is 3. The number of hydrogen-bond donors (Lipinski definition) is 0. The van der Waals surface area contributed by atoms with Gasteiger partial charge in [-0.1, -0.05) is 0 Å². The van der Waals surface area contributed by atoms with Gasteiger partial charge in [0.1, 0.15) is 22.1 Å². The van der Waals surface area contributed by atoms with Gasteiger partial charge < -0.3 is 19.4 Å². The minimum absolute atomic E-state index is 0.0552. The molecular weight excluding hydrogens is 444 g/mol. The highest BCUT2D eigenvalue weighted by Crippen LogP contribution is 2.26. The van der Waals surface area contributed by atoms with E-state index in [-0.39, 0.29) is 30.3 Å². The average Bonchev–Trinajstić information content (AvgIpc) is 3.02. The van der Waals surface area contributed by atoms with Gasteiger partial charge in [0.2, 0.25) is 0 Å². The molecule has 2 saturated heterocycles. The zero-order valence-electron chi connectivity index (χ0n) is 18.7. The maximum Gasteiger partial charge on any atom is 0.410 e. The van der Waals surface area contributed by atoms with E-state index >= 15 is 0 Å². The molecular formula is C21H29F2N3O5S. The summed E-state index contributed by atoms with van der Waals surface area (Å²) in [7, 11) is -3.90. The van der Waals surface area contributed by atoms with Crippen molar-refractivity contribution in [1.82, 2.24) is 14.7 Å². The first kappa shape index (κ1) is 24.2. The lowest BCUT2D eigenvalue weighted by molar-refractivity contribution is 0.0170. The van der Waals surface area contributed by atoms with Crippen molar-refractivity contribution in [1.29, 1.82) is 0 Å². The van der Waals surface area contributed by atoms with Crippen LogP contribution < -0.4 is 0 Å². The number of carbonyl (C=O) groups is 2. The second-order valence-electron chi connectivity index (χ2n) is 9.24. The lowest BCUT2D eigenvalue weighted by atomic mass is 10.0. The molecule has 0 bridgehead atoms. The van der Waals surface area contributed by atoms with E-state index in [1.165, 1.54) is 4.90 Å². The van der Waals surface area contributed by atoms with Crippen LogP contribution in [0.15, 0.2) is 17.0 Å². The van der Waals surface area contributed by atoms with E-state index in [1.54, 1.807) is 30.6 Å². The van der Waals surface area contributed by atoms with Crippen molar-refractivity contribution in [3.05, 3.63) is 29.3 Å². The summed E-state index contributed by atoms with van der Waals surface area (Å²) in [6, 6.07) is 1.15. The number of urea groups is 1. The number of carbonyl (C=O) groups excluding carboxylic acids is 2. The molecule has 0 radical (unpaired) electrons. The fourth-order valence-electron chi connectivity index (χ4n) is 3.95. The molecule has 2 fully saturated rings. The zero-order valence-corrected chi connectivity index (χ0v) is 19.5. The first-order chi connectivity index (χ1) is 14.8. The number of piperidine rings is 1. The Morgan fingerprint density at radius 1 is 1.09 bits per heavy atom. The molecule has 3 rings (SSSR count). The molecule has 178 valence electrons. The summed E-state index contributed by atoms with van der Waals surface area (Å²) in [4.78, 5) is 29.1. The molecule has 2 heterocycles. The second kappa shape index (κ2) is 8.84. The van der Waals surface area contributed by atoms with Crippen molar-refractivity contribution >= 4 is 22.0 Å². The maximum absolute atomic E-state index is 14.4. The molecule has 11 heteroatoms. The number of benzene rings is 1. The van der Waals surface area contributed by atoms with Crippen LogP contribution in [0.4, 0.5) is 18.4 Å². The van der Waals surface area contributed by atoms with Crippen LogP contribution in [0.1, 0.15) is 39.2 Å². The minimum atomic E-state index is -3.90. The number of likely N-dealkylation sites (tertiary alicyclic amines) is 1. The van der Waals surface area contributed by atoms with Crippen molar-refractivity contribution in [3.63, 3.8) is 0 Å². The van der Waals surface area contributed by atoms with Gasteiger partial charge in [0, 0.05) is 44.0 Å². The predicted octanol–water partition coefficient (Wildman–Crippen LogP) is 3.01. The number of ether oxygens (including phenoxy) is 1. The maximum atomic E-state index is 14.4. The van der Waals surface area contributed by atoms with Gasteiger partial charge in [0.25, 0.3) is 0 Å². The van der Waals surface area contributed by atoms with E-state index < -0.39 is 32.0 Å². The fourth-order valence-corrected chi connectivity index (χ4v) is 4.68. The van der Waals surface area contributed by atoms with Gasteiger partial charge in [0.15, 0.2) is 9.84 Å². The summed E-state index contributed by atoms with van der Waals surface area (Å²) in [5.74, 6) is -1.91. The predicted molar refractivity (Wildman–Crippen MR) is 113 cm³/mol. The summed E-state index contributed by atoms with van der Waals surface area (Å²) in [5, 5.41) is 0. The topological polar surface area (TPSA) is 87.2 Å². The molecule has 0 atom stereocenters. The molecule has 0 N–H and O–H groups in total. The van der Waals surface area contributed by atoms with Crippen molar-refractivity contribution in [2.75, 3.05) is 32.4 Å². The first-order valence-corrected chi connectivity index (χ1v) is 12.4. The number of nitrogens with zero attached hydrogens (tertiary/aromatic N) is 3. The largest absolute Gasteiger partial charge is 0.444 e. The summed E-state index contributed by atoms with van der Waals surface area (Å²) in [6.07, 6.45) is 1.64. The van der Waals surface area contributed by atoms with E-state index in [0.717, 1.165) is 12.3 Å². The van der Waals surface area contributed by atoms with E-state index in [4.69, 9.17) is 4.74 Å². The van der Waals surface area contributed by atoms with Crippen molar-refractivity contribution in [2.24, 2.45) is 0 Å². The Morgan fingerprint density at radius 3 is 2.28 bits per heavy atom. The van der Waals surface area contributed by atoms with E-state index in [9.17, 15) is 26.8 Å². The van der Waals surface area contributed by atoms with E-state index in [2.05, 4.69) is 0 Å². The lowest BCUT2D eigenvalue weighted by Crippen LogP contribution is -2.49. The van der Waals surface area contributed by atoms with Crippen LogP contribution in [0.2, 0.25) is 0 Å². The third-order valence-corrected chi connectivity index (χ3v) is 6.66. The third kappa shape index (κ3) is 5.48. The smallest absolute Gasteiger partial charge is 0.410 e. The quantitative estimate of drug-likeness (QED) is 0.671. The van der Waals surface area contributed by atoms with E-state index in [0.29, 0.717) is 45.1 Å². The van der Waals surface area contributed by atoms with Gasteiger partial charge in [-0.2, -0.15) is 0 Å². The van der Waals surface area contributed by atoms with Crippen molar-refractivity contribution < 1.29 is 31.5 Å². The Kier molecular flexibility index (Phi) is 6.69. The van der Waals surface area contributed by atoms with Gasteiger partial charge in [0.05, 0.1) is 6.54 Å². The Bertz CT molecular complexity index is 1000. The van der Waals surface area contributed by atoms with Crippen LogP contribution >= 0.6 is 0 Å². The van der Waals surface area contributed by atoms with Crippen LogP contribution in [0, 0.1) is 11.6 Å². The highest BCUT2D eigenvalue weighted by molar-refractivity contribution is 7.90. The van der Waals surface area contributed by atoms with Crippen LogP contribution in [-0.4, -0.2) is 79.3 Å². The van der Waals surface area contributed by atoms with Crippen LogP contribution in [0.5, 0.6) is 0 Å². The molecule has 32 heavy (non-hydrogen) atoms. The van der Waals surface area contributed by atoms with Crippen LogP contribution in [0.3, 0.4) is 0 Å². The molecule has 0 spiro atoms. The van der Waals surface area contributed by atoms with Gasteiger partial charge in [-0.05, 0) is 45.7 Å². The molecule has 1 aromatic carbocycles. The molecule has 2 aliphatic heterocycles. The monoisotopic (exact) mass is 473 g/mol. The third-order valence-electron chi connectivity index (χ3n) is 5.55. The number of sulfone groups is 1. The van der Waals surface area contributed by atoms with Crippen LogP contribution in [0.25, 0.3) is 0 Å². The number of hydrogen-bond acceptors (Lipinski definition) is 5. The number of halogens is 2. The molecule has 8 nitrogen and oxygen atoms in total. The summed E-state index contributed by atoms with van der Waals surface area (Å²) in [6.45, 7) is 6.99. The average molecular weight is 474 g/mol. The number of rotatable bonds is 4. The molecule has 2 aliphatic rings. The molecule has 1 aromatic rings. The Morgan fingerprint density at radius 2 is 1.72 bits per heavy atom. The van der Waals surface area contributed by atoms with Gasteiger partial charge in [-0.15, -0.1) is 0 Å². The van der Waals surface area contributed by atoms with Crippen molar-refractivity contribution in [3.8, 4) is 0 Å². The first-order valence-electron chi connectivity index (χ1n) is 10.5. The molecule has 0 saturated carbocycles. The summed E-state index contributed by atoms with van der Waals surface area (Å²) < 4.78 is 57.1. The SMILES string of the molecule is CC(C)(C)OC(=O)N1CCC(N2CCN(Cc3cc(F)c(S(C)(=O)=O)cc3F)C2=O)CC1. The Labute approximate surface area is 187 Å². The molecule has 0 aliphatic carbocycles. The highest BCUT2D eigenvalue weighted by Gasteiger charge is 2.37. The van der Waals surface area contributed by atoms with Gasteiger partial charge >= 0.3 is 12.1 Å². The highest BCUT2D eigenvalue weighted by atomic mass is 32.2. The zero-order chi connectivity index (χ0) is 23.8. The summed E-state index contributed by atoms with van der Waals surface area (Å²) in [5.41, 5.74) is -0.655. The lowest BCUT2D eigenvalue weighted by Gasteiger charge is -2.37. The van der Waals surface area contributed by atoms with Crippen LogP contribution in [-0.2, 0) is 21.1 Å². The summed E-state index contributed by atoms with van der Waals surface area (Å²) >= 11 is 0. The standard InChI is InChI=1S/C21H29F2N3O5S/c1-21(2,3)31-20(28)24-7-5-15(6-8-24)26-10-9-25(19(26)27)13-14-11-17(23)18(12-16(14)22)32(4,29)30/h11-12,15H,5-10,13H2,1-4H3. The second-order valence-corrected chi connectivity index (χ2v) is 11.2. The van der Waals surface area contributed by atoms with Gasteiger partial charge in [-0.25, -0.2) is 26.8 Å². The Hall–Kier alpha value is -2.43. The minimum Gasteiger partial charge on any atom is -0.444 e. The molecule has 3 amide bonds. The van der Waals surface area contributed by atoms with E-state index in [1.807, 2.05) is 0 Å². The molecule has 0 unspecified atom stereocenters. The fraction of sp³-hybridized carbons (Fsp3) is 0.619.